The third-order valence-corrected chi connectivity index (χ3v) is 3.90. The van der Waals surface area contributed by atoms with E-state index in [2.05, 4.69) is 5.32 Å². The number of nitrogens with zero attached hydrogens (tertiary/aromatic N) is 1. The normalized spacial score (nSPS) is 22.5. The first kappa shape index (κ1) is 13.7. The highest BCUT2D eigenvalue weighted by molar-refractivity contribution is 6.32. The summed E-state index contributed by atoms with van der Waals surface area (Å²) in [4.78, 5) is 11.1. The first-order valence-electron chi connectivity index (χ1n) is 6.35. The fourth-order valence-corrected chi connectivity index (χ4v) is 2.68. The van der Waals surface area contributed by atoms with E-state index >= 15 is 0 Å². The molecule has 19 heavy (non-hydrogen) atoms. The maximum Gasteiger partial charge on any atom is 0.220 e. The molecule has 2 rings (SSSR count). The number of hydrogen-bond acceptors (Lipinski definition) is 3. The number of carbonyl (C=O) groups excluding carboxylic acids is 1. The molecule has 5 heteroatoms. The molecule has 1 aromatic carbocycles. The first-order chi connectivity index (χ1) is 9.10. The van der Waals surface area contributed by atoms with E-state index in [9.17, 15) is 4.79 Å². The number of primary amides is 1. The quantitative estimate of drug-likeness (QED) is 0.891. The van der Waals surface area contributed by atoms with Crippen LogP contribution in [0.25, 0.3) is 0 Å². The third kappa shape index (κ3) is 3.39. The van der Waals surface area contributed by atoms with Gasteiger partial charge in [0.05, 0.1) is 10.6 Å². The van der Waals surface area contributed by atoms with E-state index in [0.29, 0.717) is 16.6 Å². The van der Waals surface area contributed by atoms with Crippen LogP contribution >= 0.6 is 11.6 Å². The van der Waals surface area contributed by atoms with Gasteiger partial charge in [0, 0.05) is 17.6 Å². The lowest BCUT2D eigenvalue weighted by Gasteiger charge is -2.28. The number of anilines is 1. The van der Waals surface area contributed by atoms with Crippen molar-refractivity contribution in [2.75, 3.05) is 5.32 Å². The van der Waals surface area contributed by atoms with Gasteiger partial charge >= 0.3 is 0 Å². The molecule has 1 aliphatic carbocycles. The average molecular weight is 278 g/mol. The van der Waals surface area contributed by atoms with Gasteiger partial charge in [0.2, 0.25) is 5.91 Å². The van der Waals surface area contributed by atoms with Crippen molar-refractivity contribution in [1.82, 2.24) is 0 Å². The lowest BCUT2D eigenvalue weighted by Crippen LogP contribution is -2.32. The van der Waals surface area contributed by atoms with Gasteiger partial charge in [0.15, 0.2) is 0 Å². The highest BCUT2D eigenvalue weighted by Crippen LogP contribution is 2.27. The lowest BCUT2D eigenvalue weighted by molar-refractivity contribution is -0.122. The lowest BCUT2D eigenvalue weighted by atomic mass is 9.85. The van der Waals surface area contributed by atoms with Crippen LogP contribution in [0.5, 0.6) is 0 Å². The molecule has 0 spiro atoms. The standard InChI is InChI=1S/C14H16ClN3O/c15-13-7-12(6-3-10(13)8-16)18-11-4-1-9(2-5-11)14(17)19/h3,6-7,9,11,18H,1-2,4-5H2,(H2,17,19). The average Bonchev–Trinajstić information content (AvgIpc) is 2.39. The van der Waals surface area contributed by atoms with Crippen molar-refractivity contribution < 1.29 is 4.79 Å². The van der Waals surface area contributed by atoms with E-state index in [4.69, 9.17) is 22.6 Å². The van der Waals surface area contributed by atoms with E-state index < -0.39 is 0 Å². The minimum absolute atomic E-state index is 0.0163. The van der Waals surface area contributed by atoms with Crippen LogP contribution in [0.4, 0.5) is 5.69 Å². The summed E-state index contributed by atoms with van der Waals surface area (Å²) >= 11 is 5.99. The van der Waals surface area contributed by atoms with Crippen LogP contribution in [-0.4, -0.2) is 11.9 Å². The predicted molar refractivity (Wildman–Crippen MR) is 74.7 cm³/mol. The van der Waals surface area contributed by atoms with Gasteiger partial charge < -0.3 is 11.1 Å². The number of nitrogens with two attached hydrogens (primary N) is 1. The number of nitrogens with one attached hydrogen (secondary N) is 1. The third-order valence-electron chi connectivity index (χ3n) is 3.59. The van der Waals surface area contributed by atoms with E-state index in [-0.39, 0.29) is 11.8 Å². The molecular formula is C14H16ClN3O. The van der Waals surface area contributed by atoms with Gasteiger partial charge in [0.25, 0.3) is 0 Å². The molecule has 4 nitrogen and oxygen atoms in total. The Morgan fingerprint density at radius 3 is 2.58 bits per heavy atom. The number of rotatable bonds is 3. The van der Waals surface area contributed by atoms with Gasteiger partial charge in [-0.3, -0.25) is 4.79 Å². The van der Waals surface area contributed by atoms with E-state index in [1.165, 1.54) is 0 Å². The molecule has 0 unspecified atom stereocenters. The highest BCUT2D eigenvalue weighted by atomic mass is 35.5. The van der Waals surface area contributed by atoms with Crippen LogP contribution in [0.3, 0.4) is 0 Å². The van der Waals surface area contributed by atoms with E-state index in [0.717, 1.165) is 31.4 Å². The number of benzene rings is 1. The topological polar surface area (TPSA) is 78.9 Å². The largest absolute Gasteiger partial charge is 0.382 e. The summed E-state index contributed by atoms with van der Waals surface area (Å²) in [5.74, 6) is -0.178. The van der Waals surface area contributed by atoms with Crippen LogP contribution in [0.1, 0.15) is 31.2 Å². The van der Waals surface area contributed by atoms with Crippen molar-refractivity contribution in [2.24, 2.45) is 11.7 Å². The van der Waals surface area contributed by atoms with Crippen molar-refractivity contribution in [3.05, 3.63) is 28.8 Å². The summed E-state index contributed by atoms with van der Waals surface area (Å²) in [6, 6.07) is 7.69. The van der Waals surface area contributed by atoms with Crippen molar-refractivity contribution >= 4 is 23.2 Å². The Hall–Kier alpha value is -1.73. The molecule has 1 aliphatic rings. The molecule has 0 atom stereocenters. The van der Waals surface area contributed by atoms with Crippen LogP contribution in [-0.2, 0) is 4.79 Å². The van der Waals surface area contributed by atoms with Gasteiger partial charge in [-0.1, -0.05) is 11.6 Å². The molecule has 0 aromatic heterocycles. The zero-order chi connectivity index (χ0) is 13.8. The van der Waals surface area contributed by atoms with Gasteiger partial charge in [-0.15, -0.1) is 0 Å². The summed E-state index contributed by atoms with van der Waals surface area (Å²) in [5.41, 5.74) is 6.69. The second-order valence-electron chi connectivity index (χ2n) is 4.90. The van der Waals surface area contributed by atoms with E-state index in [1.54, 1.807) is 12.1 Å². The number of hydrogen-bond donors (Lipinski definition) is 2. The number of halogens is 1. The molecule has 1 fully saturated rings. The fraction of sp³-hybridized carbons (Fsp3) is 0.429. The Bertz CT molecular complexity index is 516. The Balaban J connectivity index is 1.94. The molecular weight excluding hydrogens is 262 g/mol. The maximum atomic E-state index is 11.1. The minimum atomic E-state index is -0.195. The van der Waals surface area contributed by atoms with Crippen LogP contribution in [0, 0.1) is 17.2 Å². The molecule has 3 N–H and O–H groups in total. The molecule has 0 aliphatic heterocycles. The second-order valence-corrected chi connectivity index (χ2v) is 5.31. The Morgan fingerprint density at radius 2 is 2.05 bits per heavy atom. The summed E-state index contributed by atoms with van der Waals surface area (Å²) < 4.78 is 0. The molecule has 1 aromatic rings. The van der Waals surface area contributed by atoms with Crippen molar-refractivity contribution in [3.8, 4) is 6.07 Å². The zero-order valence-corrected chi connectivity index (χ0v) is 11.3. The van der Waals surface area contributed by atoms with Crippen LogP contribution in [0.15, 0.2) is 18.2 Å². The molecule has 1 saturated carbocycles. The second kappa shape index (κ2) is 5.94. The van der Waals surface area contributed by atoms with Crippen LogP contribution in [0.2, 0.25) is 5.02 Å². The summed E-state index contributed by atoms with van der Waals surface area (Å²) in [7, 11) is 0. The zero-order valence-electron chi connectivity index (χ0n) is 10.5. The molecule has 0 heterocycles. The molecule has 0 radical (unpaired) electrons. The summed E-state index contributed by atoms with van der Waals surface area (Å²) in [5, 5.41) is 12.7. The Morgan fingerprint density at radius 1 is 1.37 bits per heavy atom. The SMILES string of the molecule is N#Cc1ccc(NC2CCC(C(N)=O)CC2)cc1Cl. The van der Waals surface area contributed by atoms with Gasteiger partial charge in [-0.2, -0.15) is 5.26 Å². The van der Waals surface area contributed by atoms with Gasteiger partial charge in [-0.25, -0.2) is 0 Å². The number of carbonyl (C=O) groups is 1. The number of amides is 1. The molecule has 0 saturated heterocycles. The van der Waals surface area contributed by atoms with Crippen molar-refractivity contribution in [1.29, 1.82) is 5.26 Å². The molecule has 100 valence electrons. The fourth-order valence-electron chi connectivity index (χ4n) is 2.45. The first-order valence-corrected chi connectivity index (χ1v) is 6.73. The predicted octanol–water partition coefficient (Wildman–Crippen LogP) is 2.67. The van der Waals surface area contributed by atoms with E-state index in [1.807, 2.05) is 12.1 Å². The van der Waals surface area contributed by atoms with Gasteiger partial charge in [-0.05, 0) is 43.9 Å². The van der Waals surface area contributed by atoms with Crippen molar-refractivity contribution in [2.45, 2.75) is 31.7 Å². The van der Waals surface area contributed by atoms with Crippen LogP contribution < -0.4 is 11.1 Å². The minimum Gasteiger partial charge on any atom is -0.382 e. The maximum absolute atomic E-state index is 11.1. The van der Waals surface area contributed by atoms with Gasteiger partial charge in [0.1, 0.15) is 6.07 Å². The summed E-state index contributed by atoms with van der Waals surface area (Å²) in [6.07, 6.45) is 3.50. The molecule has 1 amide bonds. The Kier molecular flexibility index (Phi) is 4.28. The van der Waals surface area contributed by atoms with Crippen molar-refractivity contribution in [3.63, 3.8) is 0 Å². The highest BCUT2D eigenvalue weighted by Gasteiger charge is 2.24. The smallest absolute Gasteiger partial charge is 0.220 e. The monoisotopic (exact) mass is 277 g/mol. The number of nitriles is 1. The summed E-state index contributed by atoms with van der Waals surface area (Å²) in [6.45, 7) is 0. The molecule has 0 bridgehead atoms. The Labute approximate surface area is 117 Å².